The summed E-state index contributed by atoms with van der Waals surface area (Å²) in [6.45, 7) is 7.24. The van der Waals surface area contributed by atoms with Crippen molar-refractivity contribution in [3.8, 4) is 0 Å². The highest BCUT2D eigenvalue weighted by atomic mass is 16.7. The highest BCUT2D eigenvalue weighted by Crippen LogP contribution is 2.66. The molecule has 284 valence electrons. The van der Waals surface area contributed by atoms with Gasteiger partial charge in [0.05, 0.1) is 25.5 Å². The average Bonchev–Trinajstić information content (AvgIpc) is 3.38. The molecule has 4 N–H and O–H groups in total. The third-order valence-corrected chi connectivity index (χ3v) is 12.3. The number of rotatable bonds is 9. The molecule has 0 aromatic heterocycles. The van der Waals surface area contributed by atoms with Crippen molar-refractivity contribution in [1.82, 2.24) is 5.43 Å². The summed E-state index contributed by atoms with van der Waals surface area (Å²) in [7, 11) is 1.09. The molecule has 0 aromatic rings. The SMILES string of the molecule is COC(=O)[C@@H]1O[C@H](OC/C(=N\NC(N)=O)[C@@H]2CC[C@@H]3[C@@H]4CC[C@@H]5C[C@H](O)CC[C@]5(C)[C@@H]4C(=O)C[C@]32C)[C@@H](OC(C)=O)[C@H](OC(C)=O)[C@H]1OC(C)=O. The number of aliphatic hydroxyl groups is 1. The lowest BCUT2D eigenvalue weighted by Gasteiger charge is -2.59. The highest BCUT2D eigenvalue weighted by molar-refractivity contribution is 5.92. The third-order valence-electron chi connectivity index (χ3n) is 12.3. The van der Waals surface area contributed by atoms with Crippen LogP contribution in [0.5, 0.6) is 0 Å². The number of Topliss-reactive ketones (excluding diaryl/α,β-unsaturated/α-hetero) is 1. The number of carbonyl (C=O) groups excluding carboxylic acids is 6. The number of nitrogens with two attached hydrogens (primary N) is 1. The number of esters is 4. The number of nitrogens with one attached hydrogen (secondary N) is 1. The van der Waals surface area contributed by atoms with E-state index in [1.165, 1.54) is 0 Å². The van der Waals surface area contributed by atoms with E-state index in [9.17, 15) is 33.9 Å². The van der Waals surface area contributed by atoms with E-state index >= 15 is 0 Å². The molecule has 16 nitrogen and oxygen atoms in total. The predicted molar refractivity (Wildman–Crippen MR) is 175 cm³/mol. The molecule has 4 saturated carbocycles. The first-order chi connectivity index (χ1) is 24.0. The Morgan fingerprint density at radius 2 is 1.57 bits per heavy atom. The fraction of sp³-hybridized carbons (Fsp3) is 0.800. The van der Waals surface area contributed by atoms with E-state index in [1.54, 1.807) is 0 Å². The summed E-state index contributed by atoms with van der Waals surface area (Å²) in [4.78, 5) is 75.6. The van der Waals surface area contributed by atoms with Gasteiger partial charge in [-0.1, -0.05) is 13.8 Å². The number of hydrogen-bond donors (Lipinski definition) is 3. The quantitative estimate of drug-likeness (QED) is 0.134. The van der Waals surface area contributed by atoms with E-state index in [-0.39, 0.29) is 47.6 Å². The van der Waals surface area contributed by atoms with Crippen LogP contribution in [-0.2, 0) is 52.4 Å². The van der Waals surface area contributed by atoms with Gasteiger partial charge in [0.25, 0.3) is 0 Å². The van der Waals surface area contributed by atoms with Crippen molar-refractivity contribution < 1.29 is 62.3 Å². The summed E-state index contributed by atoms with van der Waals surface area (Å²) in [5.74, 6) is -3.07. The summed E-state index contributed by atoms with van der Waals surface area (Å²) in [5, 5.41) is 14.8. The largest absolute Gasteiger partial charge is 0.467 e. The first kappa shape index (κ1) is 38.6. The molecule has 1 saturated heterocycles. The number of methoxy groups -OCH3 is 1. The van der Waals surface area contributed by atoms with Gasteiger partial charge in [-0.2, -0.15) is 5.10 Å². The molecule has 16 heteroatoms. The van der Waals surface area contributed by atoms with Crippen molar-refractivity contribution >= 4 is 41.4 Å². The minimum Gasteiger partial charge on any atom is -0.467 e. The first-order valence-corrected chi connectivity index (χ1v) is 17.7. The van der Waals surface area contributed by atoms with Gasteiger partial charge in [-0.15, -0.1) is 0 Å². The molecule has 1 heterocycles. The Hall–Kier alpha value is -3.63. The van der Waals surface area contributed by atoms with Crippen LogP contribution < -0.4 is 11.2 Å². The maximum absolute atomic E-state index is 14.2. The second-order valence-electron chi connectivity index (χ2n) is 15.3. The van der Waals surface area contributed by atoms with Gasteiger partial charge in [-0.05, 0) is 73.5 Å². The van der Waals surface area contributed by atoms with Crippen LogP contribution in [0.25, 0.3) is 0 Å². The zero-order valence-corrected chi connectivity index (χ0v) is 30.1. The number of hydrazone groups is 1. The van der Waals surface area contributed by atoms with Gasteiger partial charge in [-0.25, -0.2) is 15.0 Å². The lowest BCUT2D eigenvalue weighted by atomic mass is 9.44. The van der Waals surface area contributed by atoms with E-state index in [1.807, 2.05) is 0 Å². The molecule has 5 fully saturated rings. The number of ketones is 1. The molecule has 4 aliphatic carbocycles. The van der Waals surface area contributed by atoms with Gasteiger partial charge in [-0.3, -0.25) is 19.2 Å². The van der Waals surface area contributed by atoms with Gasteiger partial charge in [0.15, 0.2) is 30.7 Å². The van der Waals surface area contributed by atoms with Crippen LogP contribution in [0.1, 0.15) is 86.0 Å². The zero-order chi connectivity index (χ0) is 37.4. The Morgan fingerprint density at radius 1 is 0.922 bits per heavy atom. The Balaban J connectivity index is 1.44. The van der Waals surface area contributed by atoms with E-state index in [2.05, 4.69) is 24.4 Å². The summed E-state index contributed by atoms with van der Waals surface area (Å²) >= 11 is 0. The molecule has 5 rings (SSSR count). The molecule has 0 bridgehead atoms. The lowest BCUT2D eigenvalue weighted by molar-refractivity contribution is -0.298. The van der Waals surface area contributed by atoms with Crippen LogP contribution in [0.15, 0.2) is 5.10 Å². The number of hydrogen-bond acceptors (Lipinski definition) is 14. The number of amides is 2. The lowest BCUT2D eigenvalue weighted by Crippen LogP contribution is -2.64. The number of primary amides is 1. The fourth-order valence-electron chi connectivity index (χ4n) is 10.3. The summed E-state index contributed by atoms with van der Waals surface area (Å²) in [6, 6.07) is -0.922. The second kappa shape index (κ2) is 15.2. The number of nitrogens with zero attached hydrogens (tertiary/aromatic N) is 1. The summed E-state index contributed by atoms with van der Waals surface area (Å²) < 4.78 is 33.2. The second-order valence-corrected chi connectivity index (χ2v) is 15.3. The number of fused-ring (bicyclic) bond motifs is 5. The molecule has 0 spiro atoms. The Morgan fingerprint density at radius 3 is 2.20 bits per heavy atom. The first-order valence-electron chi connectivity index (χ1n) is 17.7. The maximum Gasteiger partial charge on any atom is 0.339 e. The molecular weight excluding hydrogens is 670 g/mol. The van der Waals surface area contributed by atoms with Crippen LogP contribution in [-0.4, -0.2) is 97.0 Å². The Kier molecular flexibility index (Phi) is 11.5. The topological polar surface area (TPSA) is 228 Å². The molecule has 0 unspecified atom stereocenters. The molecule has 51 heavy (non-hydrogen) atoms. The van der Waals surface area contributed by atoms with Crippen molar-refractivity contribution in [3.05, 3.63) is 0 Å². The van der Waals surface area contributed by atoms with Crippen molar-refractivity contribution in [2.24, 2.45) is 51.3 Å². The van der Waals surface area contributed by atoms with Crippen molar-refractivity contribution in [2.45, 2.75) is 123 Å². The molecule has 13 atom stereocenters. The molecule has 5 aliphatic rings. The number of urea groups is 1. The Labute approximate surface area is 296 Å². The van der Waals surface area contributed by atoms with Gasteiger partial charge >= 0.3 is 29.9 Å². The fourth-order valence-corrected chi connectivity index (χ4v) is 10.3. The third kappa shape index (κ3) is 7.63. The van der Waals surface area contributed by atoms with E-state index in [4.69, 9.17) is 34.2 Å². The number of aliphatic hydroxyl groups excluding tert-OH is 1. The molecule has 0 aromatic carbocycles. The van der Waals surface area contributed by atoms with Crippen LogP contribution in [0.3, 0.4) is 0 Å². The predicted octanol–water partition coefficient (Wildman–Crippen LogP) is 1.92. The van der Waals surface area contributed by atoms with E-state index in [0.29, 0.717) is 30.9 Å². The van der Waals surface area contributed by atoms with Crippen molar-refractivity contribution in [1.29, 1.82) is 0 Å². The van der Waals surface area contributed by atoms with Gasteiger partial charge in [0.2, 0.25) is 0 Å². The minimum atomic E-state index is -1.65. The number of carbonyl (C=O) groups is 6. The van der Waals surface area contributed by atoms with Crippen molar-refractivity contribution in [3.63, 3.8) is 0 Å². The number of ether oxygens (including phenoxy) is 6. The van der Waals surface area contributed by atoms with Gasteiger partial charge < -0.3 is 39.3 Å². The smallest absolute Gasteiger partial charge is 0.339 e. The van der Waals surface area contributed by atoms with Crippen molar-refractivity contribution in [2.75, 3.05) is 13.7 Å². The highest BCUT2D eigenvalue weighted by Gasteiger charge is 2.64. The molecule has 1 aliphatic heterocycles. The monoisotopic (exact) mass is 721 g/mol. The van der Waals surface area contributed by atoms with E-state index in [0.717, 1.165) is 60.0 Å². The average molecular weight is 722 g/mol. The van der Waals surface area contributed by atoms with Gasteiger partial charge in [0.1, 0.15) is 5.78 Å². The molecule has 2 amide bonds. The maximum atomic E-state index is 14.2. The molecule has 0 radical (unpaired) electrons. The summed E-state index contributed by atoms with van der Waals surface area (Å²) in [6.07, 6.45) is -2.38. The van der Waals surface area contributed by atoms with Crippen LogP contribution in [0.2, 0.25) is 0 Å². The summed E-state index contributed by atoms with van der Waals surface area (Å²) in [5.41, 5.74) is 7.33. The van der Waals surface area contributed by atoms with Crippen LogP contribution in [0, 0.1) is 40.4 Å². The minimum absolute atomic E-state index is 0.0975. The molecular formula is C35H51N3O13. The van der Waals surface area contributed by atoms with E-state index < -0.39 is 66.0 Å². The normalized spacial score (nSPS) is 40.5. The standard InChI is InChI=1S/C35H51N3O13/c1-16(39)48-27-28(49-17(2)40)30(50-18(3)41)32(51-29(27)31(44)46-6)47-15-24(37-38-33(36)45)23-10-9-22-21-8-7-19-13-20(42)11-12-34(19,4)26(21)25(43)14-35(22,23)5/h19-23,26-30,32,42H,7-15H2,1-6H3,(H3,36,38,45)/b37-24+/t19-,20-,21+,22-,23+,26+,27-,28-,29-,30+,32+,34+,35-/m1/s1. The van der Waals surface area contributed by atoms with Gasteiger partial charge in [0, 0.05) is 39.0 Å². The van der Waals surface area contributed by atoms with Crippen LogP contribution in [0.4, 0.5) is 4.79 Å². The van der Waals surface area contributed by atoms with Crippen LogP contribution >= 0.6 is 0 Å². The zero-order valence-electron chi connectivity index (χ0n) is 30.1. The Bertz CT molecular complexity index is 1440.